The summed E-state index contributed by atoms with van der Waals surface area (Å²) in [6, 6.07) is 3.76. The summed E-state index contributed by atoms with van der Waals surface area (Å²) in [7, 11) is -1.90. The quantitative estimate of drug-likeness (QED) is 0.807. The number of hydrogen-bond acceptors (Lipinski definition) is 3. The fourth-order valence-corrected chi connectivity index (χ4v) is 3.24. The van der Waals surface area contributed by atoms with Crippen molar-refractivity contribution in [1.82, 2.24) is 10.0 Å². The van der Waals surface area contributed by atoms with Gasteiger partial charge in [0.25, 0.3) is 0 Å². The van der Waals surface area contributed by atoms with Crippen molar-refractivity contribution in [1.29, 1.82) is 0 Å². The van der Waals surface area contributed by atoms with E-state index in [1.54, 1.807) is 7.05 Å². The third-order valence-electron chi connectivity index (χ3n) is 3.00. The molecule has 6 heteroatoms. The molecule has 108 valence electrons. The molecule has 0 bridgehead atoms. The second kappa shape index (κ2) is 6.98. The van der Waals surface area contributed by atoms with Crippen molar-refractivity contribution in [2.45, 2.75) is 44.2 Å². The van der Waals surface area contributed by atoms with Crippen LogP contribution in [-0.4, -0.2) is 21.5 Å². The van der Waals surface area contributed by atoms with Crippen LogP contribution in [0.15, 0.2) is 23.1 Å². The number of nitrogens with one attached hydrogen (secondary N) is 2. The van der Waals surface area contributed by atoms with Crippen molar-refractivity contribution in [2.75, 3.05) is 7.05 Å². The number of rotatable bonds is 7. The third kappa shape index (κ3) is 4.26. The molecule has 0 fully saturated rings. The van der Waals surface area contributed by atoms with Crippen LogP contribution < -0.4 is 10.0 Å². The van der Waals surface area contributed by atoms with E-state index in [1.807, 2.05) is 13.8 Å². The van der Waals surface area contributed by atoms with Gasteiger partial charge in [0.1, 0.15) is 5.82 Å². The summed E-state index contributed by atoms with van der Waals surface area (Å²) in [5, 5.41) is 2.81. The second-order valence-corrected chi connectivity index (χ2v) is 6.13. The fourth-order valence-electron chi connectivity index (χ4n) is 1.79. The molecule has 0 amide bonds. The highest BCUT2D eigenvalue weighted by Gasteiger charge is 2.19. The highest BCUT2D eigenvalue weighted by molar-refractivity contribution is 7.89. The summed E-state index contributed by atoms with van der Waals surface area (Å²) in [6.07, 6.45) is 1.45. The van der Waals surface area contributed by atoms with E-state index in [2.05, 4.69) is 10.0 Å². The highest BCUT2D eigenvalue weighted by Crippen LogP contribution is 2.16. The van der Waals surface area contributed by atoms with Crippen LogP contribution in [0.2, 0.25) is 0 Å². The molecule has 0 saturated carbocycles. The molecular weight excluding hydrogens is 267 g/mol. The summed E-state index contributed by atoms with van der Waals surface area (Å²) >= 11 is 0. The third-order valence-corrected chi connectivity index (χ3v) is 4.52. The van der Waals surface area contributed by atoms with Crippen LogP contribution in [0.5, 0.6) is 0 Å². The summed E-state index contributed by atoms with van der Waals surface area (Å²) in [5.74, 6) is -0.407. The van der Waals surface area contributed by atoms with E-state index < -0.39 is 15.8 Å². The molecule has 4 nitrogen and oxygen atoms in total. The first-order valence-corrected chi connectivity index (χ1v) is 7.88. The van der Waals surface area contributed by atoms with Crippen molar-refractivity contribution in [3.8, 4) is 0 Å². The predicted molar refractivity (Wildman–Crippen MR) is 73.9 cm³/mol. The predicted octanol–water partition coefficient (Wildman–Crippen LogP) is 2.01. The molecule has 0 atom stereocenters. The van der Waals surface area contributed by atoms with Crippen LogP contribution in [0.1, 0.15) is 32.3 Å². The Labute approximate surface area is 114 Å². The van der Waals surface area contributed by atoms with Crippen LogP contribution in [0.3, 0.4) is 0 Å². The minimum Gasteiger partial charge on any atom is -0.316 e. The molecular formula is C13H21FN2O2S. The Morgan fingerprint density at radius 1 is 1.26 bits per heavy atom. The van der Waals surface area contributed by atoms with Crippen molar-refractivity contribution >= 4 is 10.0 Å². The molecule has 0 radical (unpaired) electrons. The molecule has 19 heavy (non-hydrogen) atoms. The maximum atomic E-state index is 13.5. The topological polar surface area (TPSA) is 58.2 Å². The maximum absolute atomic E-state index is 13.5. The Morgan fingerprint density at radius 3 is 2.42 bits per heavy atom. The van der Waals surface area contributed by atoms with E-state index in [-0.39, 0.29) is 10.9 Å². The Balaban J connectivity index is 3.04. The first kappa shape index (κ1) is 16.1. The molecule has 1 aromatic carbocycles. The van der Waals surface area contributed by atoms with E-state index in [1.165, 1.54) is 18.2 Å². The van der Waals surface area contributed by atoms with Crippen molar-refractivity contribution in [2.24, 2.45) is 0 Å². The lowest BCUT2D eigenvalue weighted by molar-refractivity contribution is 0.529. The number of sulfonamides is 1. The van der Waals surface area contributed by atoms with Gasteiger partial charge in [-0.25, -0.2) is 17.5 Å². The lowest BCUT2D eigenvalue weighted by Gasteiger charge is -2.15. The van der Waals surface area contributed by atoms with Gasteiger partial charge in [-0.2, -0.15) is 0 Å². The van der Waals surface area contributed by atoms with Gasteiger partial charge in [0.2, 0.25) is 10.0 Å². The zero-order valence-corrected chi connectivity index (χ0v) is 12.3. The van der Waals surface area contributed by atoms with Gasteiger partial charge in [-0.05, 0) is 38.1 Å². The number of hydrogen-bond donors (Lipinski definition) is 2. The summed E-state index contributed by atoms with van der Waals surface area (Å²) in [6.45, 7) is 4.14. The molecule has 0 saturated heterocycles. The Bertz CT molecular complexity index is 513. The van der Waals surface area contributed by atoms with Gasteiger partial charge in [0, 0.05) is 18.2 Å². The Kier molecular flexibility index (Phi) is 5.90. The molecule has 0 aliphatic rings. The van der Waals surface area contributed by atoms with Crippen LogP contribution in [-0.2, 0) is 16.6 Å². The minimum absolute atomic E-state index is 0.0946. The van der Waals surface area contributed by atoms with Crippen LogP contribution in [0, 0.1) is 5.82 Å². The van der Waals surface area contributed by atoms with Crippen LogP contribution in [0.4, 0.5) is 4.39 Å². The molecule has 2 N–H and O–H groups in total. The van der Waals surface area contributed by atoms with E-state index in [4.69, 9.17) is 0 Å². The largest absolute Gasteiger partial charge is 0.316 e. The first-order chi connectivity index (χ1) is 8.94. The standard InChI is InChI=1S/C13H21FN2O2S/c1-4-11(5-2)16-19(17,18)12-6-7-13(14)10(8-12)9-15-3/h6-8,11,15-16H,4-5,9H2,1-3H3. The summed E-state index contributed by atoms with van der Waals surface area (Å²) in [5.41, 5.74) is 0.343. The van der Waals surface area contributed by atoms with Gasteiger partial charge in [0.15, 0.2) is 0 Å². The Hall–Kier alpha value is -0.980. The van der Waals surface area contributed by atoms with Gasteiger partial charge in [-0.1, -0.05) is 13.8 Å². The number of benzene rings is 1. The number of halogens is 1. The van der Waals surface area contributed by atoms with Gasteiger partial charge in [0.05, 0.1) is 4.90 Å². The lowest BCUT2D eigenvalue weighted by Crippen LogP contribution is -2.33. The van der Waals surface area contributed by atoms with Crippen molar-refractivity contribution < 1.29 is 12.8 Å². The SMILES string of the molecule is CCC(CC)NS(=O)(=O)c1ccc(F)c(CNC)c1. The fraction of sp³-hybridized carbons (Fsp3) is 0.538. The monoisotopic (exact) mass is 288 g/mol. The minimum atomic E-state index is -3.59. The molecule has 1 rings (SSSR count). The van der Waals surface area contributed by atoms with Crippen LogP contribution in [0.25, 0.3) is 0 Å². The molecule has 0 unspecified atom stereocenters. The van der Waals surface area contributed by atoms with Crippen LogP contribution >= 0.6 is 0 Å². The average Bonchev–Trinajstić information content (AvgIpc) is 2.38. The molecule has 1 aromatic rings. The molecule has 0 aliphatic heterocycles. The van der Waals surface area contributed by atoms with Gasteiger partial charge in [-0.3, -0.25) is 0 Å². The molecule has 0 aromatic heterocycles. The van der Waals surface area contributed by atoms with Gasteiger partial charge in [-0.15, -0.1) is 0 Å². The van der Waals surface area contributed by atoms with Gasteiger partial charge >= 0.3 is 0 Å². The first-order valence-electron chi connectivity index (χ1n) is 6.40. The second-order valence-electron chi connectivity index (χ2n) is 4.42. The molecule has 0 aliphatic carbocycles. The van der Waals surface area contributed by atoms with E-state index >= 15 is 0 Å². The molecule has 0 heterocycles. The Morgan fingerprint density at radius 2 is 1.89 bits per heavy atom. The summed E-state index contributed by atoms with van der Waals surface area (Å²) in [4.78, 5) is 0.103. The van der Waals surface area contributed by atoms with Crippen molar-refractivity contribution in [3.05, 3.63) is 29.6 Å². The maximum Gasteiger partial charge on any atom is 0.240 e. The van der Waals surface area contributed by atoms with Crippen molar-refractivity contribution in [3.63, 3.8) is 0 Å². The van der Waals surface area contributed by atoms with Gasteiger partial charge < -0.3 is 5.32 Å². The van der Waals surface area contributed by atoms with E-state index in [0.717, 1.165) is 12.8 Å². The van der Waals surface area contributed by atoms with E-state index in [9.17, 15) is 12.8 Å². The molecule has 0 spiro atoms. The smallest absolute Gasteiger partial charge is 0.240 e. The summed E-state index contributed by atoms with van der Waals surface area (Å²) < 4.78 is 40.5. The zero-order valence-electron chi connectivity index (χ0n) is 11.5. The lowest BCUT2D eigenvalue weighted by atomic mass is 10.2. The zero-order chi connectivity index (χ0) is 14.5. The average molecular weight is 288 g/mol. The highest BCUT2D eigenvalue weighted by atomic mass is 32.2. The van der Waals surface area contributed by atoms with E-state index in [0.29, 0.717) is 12.1 Å². The normalized spacial score (nSPS) is 12.1.